The Balaban J connectivity index is 1.49. The third-order valence-corrected chi connectivity index (χ3v) is 3.98. The van der Waals surface area contributed by atoms with Crippen LogP contribution in [0.5, 0.6) is 17.2 Å². The van der Waals surface area contributed by atoms with E-state index in [-0.39, 0.29) is 12.9 Å². The summed E-state index contributed by atoms with van der Waals surface area (Å²) in [5, 5.41) is 6.52. The molecule has 0 atom stereocenters. The minimum absolute atomic E-state index is 0.142. The molecule has 144 valence electrons. The quantitative estimate of drug-likeness (QED) is 0.639. The van der Waals surface area contributed by atoms with E-state index in [0.29, 0.717) is 11.8 Å². The molecule has 1 aromatic heterocycles. The molecule has 1 aliphatic rings. The van der Waals surface area contributed by atoms with Crippen LogP contribution in [-0.2, 0) is 0 Å². The van der Waals surface area contributed by atoms with Crippen LogP contribution >= 0.6 is 0 Å². The summed E-state index contributed by atoms with van der Waals surface area (Å²) in [6.45, 7) is 6.18. The van der Waals surface area contributed by atoms with E-state index in [1.807, 2.05) is 69.3 Å². The second-order valence-electron chi connectivity index (χ2n) is 6.73. The summed E-state index contributed by atoms with van der Waals surface area (Å²) in [5.74, 6) is 3.50. The van der Waals surface area contributed by atoms with Gasteiger partial charge < -0.3 is 24.8 Å². The van der Waals surface area contributed by atoms with Gasteiger partial charge in [-0.15, -0.1) is 0 Å². The number of nitrogens with one attached hydrogen (secondary N) is 2. The minimum Gasteiger partial charge on any atom is -0.491 e. The number of aromatic nitrogens is 2. The molecule has 0 saturated heterocycles. The first-order valence-electron chi connectivity index (χ1n) is 9.11. The Morgan fingerprint density at radius 2 is 1.64 bits per heavy atom. The molecule has 0 bridgehead atoms. The molecule has 2 heterocycles. The van der Waals surface area contributed by atoms with Gasteiger partial charge in [0, 0.05) is 29.2 Å². The molecule has 0 amide bonds. The normalized spacial score (nSPS) is 12.1. The second kappa shape index (κ2) is 7.64. The van der Waals surface area contributed by atoms with Gasteiger partial charge in [0.25, 0.3) is 0 Å². The van der Waals surface area contributed by atoms with Crippen molar-refractivity contribution in [2.75, 3.05) is 17.4 Å². The second-order valence-corrected chi connectivity index (χ2v) is 6.73. The average Bonchev–Trinajstić information content (AvgIpc) is 3.10. The van der Waals surface area contributed by atoms with E-state index in [2.05, 4.69) is 20.6 Å². The molecule has 0 fully saturated rings. The Hall–Kier alpha value is -3.48. The largest absolute Gasteiger partial charge is 0.491 e. The summed E-state index contributed by atoms with van der Waals surface area (Å²) in [5.41, 5.74) is 2.60. The van der Waals surface area contributed by atoms with Crippen molar-refractivity contribution in [1.29, 1.82) is 0 Å². The molecule has 0 spiro atoms. The first kappa shape index (κ1) is 17.9. The van der Waals surface area contributed by atoms with E-state index in [1.165, 1.54) is 0 Å². The molecule has 0 saturated carbocycles. The fraction of sp³-hybridized carbons (Fsp3) is 0.238. The van der Waals surface area contributed by atoms with E-state index in [4.69, 9.17) is 14.2 Å². The van der Waals surface area contributed by atoms with Gasteiger partial charge in [-0.2, -0.15) is 4.98 Å². The van der Waals surface area contributed by atoms with Gasteiger partial charge >= 0.3 is 0 Å². The van der Waals surface area contributed by atoms with Crippen LogP contribution < -0.4 is 24.8 Å². The lowest BCUT2D eigenvalue weighted by Gasteiger charge is -2.12. The predicted octanol–water partition coefficient (Wildman–Crippen LogP) is 4.79. The number of benzene rings is 2. The summed E-state index contributed by atoms with van der Waals surface area (Å²) in [6, 6.07) is 15.3. The maximum Gasteiger partial charge on any atom is 0.231 e. The topological polar surface area (TPSA) is 77.5 Å². The van der Waals surface area contributed by atoms with Gasteiger partial charge in [0.15, 0.2) is 11.5 Å². The van der Waals surface area contributed by atoms with Crippen molar-refractivity contribution in [2.45, 2.75) is 26.9 Å². The highest BCUT2D eigenvalue weighted by atomic mass is 16.7. The number of ether oxygens (including phenoxy) is 3. The third kappa shape index (κ3) is 4.25. The number of fused-ring (bicyclic) bond motifs is 1. The molecule has 1 aliphatic heterocycles. The molecular weight excluding hydrogens is 356 g/mol. The fourth-order valence-electron chi connectivity index (χ4n) is 2.83. The predicted molar refractivity (Wildman–Crippen MR) is 108 cm³/mol. The zero-order valence-corrected chi connectivity index (χ0v) is 16.0. The molecule has 4 rings (SSSR count). The van der Waals surface area contributed by atoms with Crippen LogP contribution in [0.25, 0.3) is 0 Å². The minimum atomic E-state index is 0.142. The Morgan fingerprint density at radius 3 is 2.43 bits per heavy atom. The van der Waals surface area contributed by atoms with Crippen molar-refractivity contribution >= 4 is 23.1 Å². The van der Waals surface area contributed by atoms with Crippen molar-refractivity contribution in [1.82, 2.24) is 9.97 Å². The molecule has 7 heteroatoms. The summed E-state index contributed by atoms with van der Waals surface area (Å²) in [4.78, 5) is 9.01. The molecule has 0 unspecified atom stereocenters. The van der Waals surface area contributed by atoms with Crippen molar-refractivity contribution in [3.05, 3.63) is 54.2 Å². The van der Waals surface area contributed by atoms with Crippen LogP contribution in [0.2, 0.25) is 0 Å². The third-order valence-electron chi connectivity index (χ3n) is 3.98. The fourth-order valence-corrected chi connectivity index (χ4v) is 2.83. The van der Waals surface area contributed by atoms with Gasteiger partial charge in [-0.3, -0.25) is 0 Å². The van der Waals surface area contributed by atoms with E-state index in [9.17, 15) is 0 Å². The molecule has 0 radical (unpaired) electrons. The summed E-state index contributed by atoms with van der Waals surface area (Å²) < 4.78 is 16.4. The van der Waals surface area contributed by atoms with E-state index in [0.717, 1.165) is 34.3 Å². The SMILES string of the molecule is Cc1cc(Nc2ccc3c(c2)OCO3)nc(Nc2ccc(OC(C)C)cc2)n1. The molecule has 0 aliphatic carbocycles. The summed E-state index contributed by atoms with van der Waals surface area (Å²) >= 11 is 0. The monoisotopic (exact) mass is 378 g/mol. The van der Waals surface area contributed by atoms with Gasteiger partial charge in [-0.25, -0.2) is 4.98 Å². The Labute approximate surface area is 163 Å². The van der Waals surface area contributed by atoms with Gasteiger partial charge in [0.1, 0.15) is 11.6 Å². The lowest BCUT2D eigenvalue weighted by molar-refractivity contribution is 0.174. The van der Waals surface area contributed by atoms with Gasteiger partial charge in [0.2, 0.25) is 12.7 Å². The smallest absolute Gasteiger partial charge is 0.231 e. The molecule has 2 N–H and O–H groups in total. The summed E-state index contributed by atoms with van der Waals surface area (Å²) in [6.07, 6.45) is 0.142. The van der Waals surface area contributed by atoms with E-state index < -0.39 is 0 Å². The summed E-state index contributed by atoms with van der Waals surface area (Å²) in [7, 11) is 0. The van der Waals surface area contributed by atoms with Crippen molar-refractivity contribution in [3.63, 3.8) is 0 Å². The number of nitrogens with zero attached hydrogens (tertiary/aromatic N) is 2. The van der Waals surface area contributed by atoms with E-state index >= 15 is 0 Å². The van der Waals surface area contributed by atoms with Crippen LogP contribution in [-0.4, -0.2) is 22.9 Å². The van der Waals surface area contributed by atoms with Gasteiger partial charge in [-0.05, 0) is 57.2 Å². The first-order valence-corrected chi connectivity index (χ1v) is 9.11. The number of hydrogen-bond donors (Lipinski definition) is 2. The molecule has 3 aromatic rings. The Morgan fingerprint density at radius 1 is 0.893 bits per heavy atom. The lowest BCUT2D eigenvalue weighted by atomic mass is 10.2. The molecule has 28 heavy (non-hydrogen) atoms. The number of aryl methyl sites for hydroxylation is 1. The van der Waals surface area contributed by atoms with Gasteiger partial charge in [-0.1, -0.05) is 0 Å². The van der Waals surface area contributed by atoms with Crippen LogP contribution in [0.15, 0.2) is 48.5 Å². The van der Waals surface area contributed by atoms with E-state index in [1.54, 1.807) is 0 Å². The molecule has 7 nitrogen and oxygen atoms in total. The maximum absolute atomic E-state index is 5.67. The Bertz CT molecular complexity index is 974. The standard InChI is InChI=1S/C21H22N4O3/c1-13(2)28-17-7-4-15(5-8-17)24-21-22-14(3)10-20(25-21)23-16-6-9-18-19(11-16)27-12-26-18/h4-11,13H,12H2,1-3H3,(H2,22,23,24,25). The number of hydrogen-bond acceptors (Lipinski definition) is 7. The average molecular weight is 378 g/mol. The molecular formula is C21H22N4O3. The van der Waals surface area contributed by atoms with Crippen molar-refractivity contribution in [3.8, 4) is 17.2 Å². The highest BCUT2D eigenvalue weighted by molar-refractivity contribution is 5.63. The lowest BCUT2D eigenvalue weighted by Crippen LogP contribution is -2.05. The maximum atomic E-state index is 5.67. The number of rotatable bonds is 6. The van der Waals surface area contributed by atoms with Crippen molar-refractivity contribution in [2.24, 2.45) is 0 Å². The number of anilines is 4. The molecule has 2 aromatic carbocycles. The van der Waals surface area contributed by atoms with Crippen LogP contribution in [0, 0.1) is 6.92 Å². The highest BCUT2D eigenvalue weighted by Gasteiger charge is 2.13. The van der Waals surface area contributed by atoms with Crippen LogP contribution in [0.4, 0.5) is 23.1 Å². The Kier molecular flexibility index (Phi) is 4.89. The van der Waals surface area contributed by atoms with Gasteiger partial charge in [0.05, 0.1) is 6.10 Å². The highest BCUT2D eigenvalue weighted by Crippen LogP contribution is 2.35. The zero-order valence-electron chi connectivity index (χ0n) is 16.0. The van der Waals surface area contributed by atoms with Crippen LogP contribution in [0.1, 0.15) is 19.5 Å². The first-order chi connectivity index (χ1) is 13.5. The zero-order chi connectivity index (χ0) is 19.5. The van der Waals surface area contributed by atoms with Crippen molar-refractivity contribution < 1.29 is 14.2 Å². The van der Waals surface area contributed by atoms with Crippen LogP contribution in [0.3, 0.4) is 0 Å².